The monoisotopic (exact) mass is 337 g/mol. The summed E-state index contributed by atoms with van der Waals surface area (Å²) in [6, 6.07) is 1.72. The van der Waals surface area contributed by atoms with Crippen molar-refractivity contribution in [1.29, 1.82) is 0 Å². The maximum atomic E-state index is 7.14. The molecule has 1 aromatic heterocycles. The predicted molar refractivity (Wildman–Crippen MR) is 31.9 cm³/mol. The van der Waals surface area contributed by atoms with Crippen molar-refractivity contribution in [2.75, 3.05) is 0 Å². The molecule has 1 heterocycles. The number of aryl methyl sites for hydroxylation is 2. The van der Waals surface area contributed by atoms with Gasteiger partial charge in [0.25, 0.3) is 0 Å². The Kier molecular flexibility index (Phi) is 3.76. The molecule has 0 bridgehead atoms. The second-order valence-electron chi connectivity index (χ2n) is 1.79. The first-order valence-electron chi connectivity index (χ1n) is 2.42. The summed E-state index contributed by atoms with van der Waals surface area (Å²) in [7, 11) is 1.76. The predicted octanol–water partition coefficient (Wildman–Crippen LogP) is 1.41. The second-order valence-corrected chi connectivity index (χ2v) is 1.79. The molecule has 0 spiro atoms. The third kappa shape index (κ3) is 2.27. The van der Waals surface area contributed by atoms with Crippen LogP contribution in [-0.4, -0.2) is 9.78 Å². The van der Waals surface area contributed by atoms with Gasteiger partial charge in [-0.15, -0.1) is 0 Å². The summed E-state index contributed by atoms with van der Waals surface area (Å²) in [5.41, 5.74) is 8.04. The first-order chi connectivity index (χ1) is 3.70. The minimum atomic E-state index is 0. The van der Waals surface area contributed by atoms with Gasteiger partial charge in [-0.3, -0.25) is 5.10 Å². The third-order valence-electron chi connectivity index (χ3n) is 1.00. The standard InChI is InChI=1S/C5H8N3.Ac/c1-4-3-5(6)8(2)7-4;/h3,6H,1-2H3;/q-1;. The summed E-state index contributed by atoms with van der Waals surface area (Å²) in [5, 5.41) is 3.94. The molecule has 0 aliphatic rings. The molecule has 0 amide bonds. The SMILES string of the molecule is Cc1cc([NH-])n(C)n1.[Ac]. The van der Waals surface area contributed by atoms with Crippen LogP contribution < -0.4 is 0 Å². The zero-order valence-electron chi connectivity index (χ0n) is 5.55. The van der Waals surface area contributed by atoms with E-state index in [0.717, 1.165) is 5.69 Å². The summed E-state index contributed by atoms with van der Waals surface area (Å²) in [5.74, 6) is 0.461. The molecule has 0 fully saturated rings. The number of hydrogen-bond donors (Lipinski definition) is 0. The Morgan fingerprint density at radius 1 is 1.67 bits per heavy atom. The van der Waals surface area contributed by atoms with E-state index in [2.05, 4.69) is 5.10 Å². The number of nitrogens with one attached hydrogen (secondary N) is 1. The van der Waals surface area contributed by atoms with Crippen LogP contribution in [0.25, 0.3) is 5.73 Å². The van der Waals surface area contributed by atoms with Crippen molar-refractivity contribution in [3.8, 4) is 0 Å². The summed E-state index contributed by atoms with van der Waals surface area (Å²) < 4.78 is 1.54. The van der Waals surface area contributed by atoms with Crippen molar-refractivity contribution < 1.29 is 44.1 Å². The second kappa shape index (κ2) is 3.58. The maximum absolute atomic E-state index is 7.14. The van der Waals surface area contributed by atoms with E-state index in [-0.39, 0.29) is 44.1 Å². The van der Waals surface area contributed by atoms with Crippen LogP contribution in [0.3, 0.4) is 0 Å². The normalized spacial score (nSPS) is 8.67. The van der Waals surface area contributed by atoms with Gasteiger partial charge in [-0.2, -0.15) is 0 Å². The minimum absolute atomic E-state index is 0. The molecule has 0 atom stereocenters. The van der Waals surface area contributed by atoms with Gasteiger partial charge in [0.1, 0.15) is 0 Å². The Labute approximate surface area is 90.2 Å². The molecule has 1 rings (SSSR count). The van der Waals surface area contributed by atoms with Crippen molar-refractivity contribution in [3.05, 3.63) is 17.5 Å². The molecule has 0 aliphatic heterocycles. The van der Waals surface area contributed by atoms with E-state index in [1.165, 1.54) is 4.68 Å². The van der Waals surface area contributed by atoms with Crippen LogP contribution in [0, 0.1) is 51.0 Å². The number of aromatic nitrogens is 2. The molecule has 47 valence electrons. The fourth-order valence-corrected chi connectivity index (χ4v) is 0.611. The van der Waals surface area contributed by atoms with Crippen LogP contribution in [-0.2, 0) is 7.05 Å². The van der Waals surface area contributed by atoms with Crippen LogP contribution in [0.1, 0.15) is 5.69 Å². The van der Waals surface area contributed by atoms with E-state index in [9.17, 15) is 0 Å². The quantitative estimate of drug-likeness (QED) is 0.706. The molecular weight excluding hydrogens is 329 g/mol. The van der Waals surface area contributed by atoms with E-state index < -0.39 is 0 Å². The van der Waals surface area contributed by atoms with Gasteiger partial charge in [0.15, 0.2) is 0 Å². The van der Waals surface area contributed by atoms with Gasteiger partial charge < -0.3 is 10.4 Å². The zero-order valence-corrected chi connectivity index (χ0v) is 10.3. The Hall–Kier alpha value is 0.452. The molecular formula is C5H8AcN3-. The molecule has 0 saturated carbocycles. The summed E-state index contributed by atoms with van der Waals surface area (Å²) >= 11 is 0. The average molecular weight is 337 g/mol. The fourth-order valence-electron chi connectivity index (χ4n) is 0.611. The van der Waals surface area contributed by atoms with Crippen LogP contribution in [0.2, 0.25) is 0 Å². The van der Waals surface area contributed by atoms with E-state index in [1.54, 1.807) is 13.1 Å². The van der Waals surface area contributed by atoms with Crippen LogP contribution in [0.4, 0.5) is 5.82 Å². The maximum Gasteiger partial charge on any atom is 0.0363 e. The largest absolute Gasteiger partial charge is 0.481 e. The van der Waals surface area contributed by atoms with Gasteiger partial charge in [-0.05, 0) is 25.9 Å². The molecule has 0 unspecified atom stereocenters. The van der Waals surface area contributed by atoms with E-state index in [0.29, 0.717) is 5.82 Å². The van der Waals surface area contributed by atoms with Gasteiger partial charge in [0.2, 0.25) is 0 Å². The van der Waals surface area contributed by atoms with Gasteiger partial charge >= 0.3 is 0 Å². The summed E-state index contributed by atoms with van der Waals surface area (Å²) in [6.45, 7) is 1.87. The van der Waals surface area contributed by atoms with Crippen LogP contribution in [0.15, 0.2) is 6.07 Å². The Balaban J connectivity index is 0.000000640. The molecule has 0 saturated heterocycles. The fraction of sp³-hybridized carbons (Fsp3) is 0.400. The molecule has 0 aliphatic carbocycles. The van der Waals surface area contributed by atoms with Crippen molar-refractivity contribution in [3.63, 3.8) is 0 Å². The van der Waals surface area contributed by atoms with Gasteiger partial charge in [-0.1, -0.05) is 0 Å². The van der Waals surface area contributed by atoms with Gasteiger partial charge in [-0.25, -0.2) is 0 Å². The summed E-state index contributed by atoms with van der Waals surface area (Å²) in [4.78, 5) is 0. The van der Waals surface area contributed by atoms with Crippen molar-refractivity contribution in [2.24, 2.45) is 7.05 Å². The molecule has 3 nitrogen and oxygen atoms in total. The Morgan fingerprint density at radius 3 is 2.33 bits per heavy atom. The average Bonchev–Trinajstić information content (AvgIpc) is 1.85. The molecule has 1 radical (unpaired) electrons. The van der Waals surface area contributed by atoms with Gasteiger partial charge in [0.05, 0.1) is 0 Å². The Morgan fingerprint density at radius 2 is 2.22 bits per heavy atom. The molecule has 9 heavy (non-hydrogen) atoms. The van der Waals surface area contributed by atoms with Crippen molar-refractivity contribution in [1.82, 2.24) is 9.78 Å². The smallest absolute Gasteiger partial charge is 0.0363 e. The number of rotatable bonds is 0. The van der Waals surface area contributed by atoms with E-state index >= 15 is 0 Å². The molecule has 4 heteroatoms. The van der Waals surface area contributed by atoms with Crippen molar-refractivity contribution in [2.45, 2.75) is 6.92 Å². The van der Waals surface area contributed by atoms with E-state index in [1.807, 2.05) is 6.92 Å². The topological polar surface area (TPSA) is 41.6 Å². The zero-order chi connectivity index (χ0) is 6.15. The summed E-state index contributed by atoms with van der Waals surface area (Å²) in [6.07, 6.45) is 0. The first kappa shape index (κ1) is 9.45. The van der Waals surface area contributed by atoms with Gasteiger partial charge in [0, 0.05) is 49.8 Å². The van der Waals surface area contributed by atoms with E-state index in [4.69, 9.17) is 5.73 Å². The molecule has 1 aromatic rings. The Bertz CT molecular complexity index is 175. The molecule has 0 aromatic carbocycles. The van der Waals surface area contributed by atoms with Crippen molar-refractivity contribution >= 4 is 5.82 Å². The number of hydrogen-bond acceptors (Lipinski definition) is 1. The molecule has 1 N–H and O–H groups in total. The van der Waals surface area contributed by atoms with Crippen LogP contribution >= 0.6 is 0 Å². The first-order valence-corrected chi connectivity index (χ1v) is 2.42. The van der Waals surface area contributed by atoms with Crippen LogP contribution in [0.5, 0.6) is 0 Å². The third-order valence-corrected chi connectivity index (χ3v) is 1.00. The number of nitrogens with zero attached hydrogens (tertiary/aromatic N) is 2. The minimum Gasteiger partial charge on any atom is -0.481 e.